The number of hydrogen-bond donors (Lipinski definition) is 2. The van der Waals surface area contributed by atoms with Crippen molar-refractivity contribution >= 4 is 11.0 Å². The molecule has 4 heteroatoms. The van der Waals surface area contributed by atoms with E-state index < -0.39 is 0 Å². The van der Waals surface area contributed by atoms with Gasteiger partial charge in [0.05, 0.1) is 11.0 Å². The maximum atomic E-state index is 6.14. The van der Waals surface area contributed by atoms with Crippen molar-refractivity contribution in [2.24, 2.45) is 0 Å². The lowest BCUT2D eigenvalue weighted by molar-refractivity contribution is 0.307. The standard InChI is InChI=1S/C24H23N3O/c1-2-6-17(7-3-1)16-28-23-9-5-4-8-20(23)18-10-11-21-22(14-18)27-24(26-21)19-12-13-25-15-19/h1-11,14,19,25H,12-13,15-16H2,(H,26,27). The lowest BCUT2D eigenvalue weighted by Gasteiger charge is -2.12. The van der Waals surface area contributed by atoms with Gasteiger partial charge in [0.1, 0.15) is 18.2 Å². The van der Waals surface area contributed by atoms with Gasteiger partial charge < -0.3 is 15.0 Å². The van der Waals surface area contributed by atoms with Gasteiger partial charge in [0.2, 0.25) is 0 Å². The summed E-state index contributed by atoms with van der Waals surface area (Å²) in [5.74, 6) is 2.47. The van der Waals surface area contributed by atoms with Gasteiger partial charge in [-0.3, -0.25) is 0 Å². The van der Waals surface area contributed by atoms with Crippen LogP contribution < -0.4 is 10.1 Å². The van der Waals surface area contributed by atoms with Gasteiger partial charge in [-0.25, -0.2) is 4.98 Å². The highest BCUT2D eigenvalue weighted by atomic mass is 16.5. The van der Waals surface area contributed by atoms with E-state index in [1.807, 2.05) is 30.3 Å². The molecule has 1 unspecified atom stereocenters. The minimum Gasteiger partial charge on any atom is -0.488 e. The number of para-hydroxylation sites is 1. The molecule has 0 amide bonds. The molecule has 4 aromatic rings. The number of rotatable bonds is 5. The number of nitrogens with one attached hydrogen (secondary N) is 2. The van der Waals surface area contributed by atoms with E-state index in [2.05, 4.69) is 52.8 Å². The number of aromatic nitrogens is 2. The second-order valence-electron chi connectivity index (χ2n) is 7.31. The summed E-state index contributed by atoms with van der Waals surface area (Å²) >= 11 is 0. The van der Waals surface area contributed by atoms with Crippen molar-refractivity contribution in [2.45, 2.75) is 18.9 Å². The molecule has 0 radical (unpaired) electrons. The number of fused-ring (bicyclic) bond motifs is 1. The topological polar surface area (TPSA) is 49.9 Å². The predicted molar refractivity (Wildman–Crippen MR) is 113 cm³/mol. The Morgan fingerprint density at radius 3 is 2.68 bits per heavy atom. The Morgan fingerprint density at radius 1 is 0.964 bits per heavy atom. The predicted octanol–water partition coefficient (Wildman–Crippen LogP) is 4.89. The van der Waals surface area contributed by atoms with Gasteiger partial charge in [-0.1, -0.05) is 54.6 Å². The normalized spacial score (nSPS) is 16.5. The van der Waals surface area contributed by atoms with Gasteiger partial charge >= 0.3 is 0 Å². The molecule has 1 fully saturated rings. The van der Waals surface area contributed by atoms with Gasteiger partial charge in [-0.2, -0.15) is 0 Å². The van der Waals surface area contributed by atoms with Crippen molar-refractivity contribution in [3.8, 4) is 16.9 Å². The van der Waals surface area contributed by atoms with E-state index in [1.54, 1.807) is 0 Å². The number of aromatic amines is 1. The van der Waals surface area contributed by atoms with E-state index in [1.165, 1.54) is 0 Å². The van der Waals surface area contributed by atoms with Crippen LogP contribution in [0.5, 0.6) is 5.75 Å². The van der Waals surface area contributed by atoms with Crippen molar-refractivity contribution in [2.75, 3.05) is 13.1 Å². The van der Waals surface area contributed by atoms with E-state index in [0.717, 1.165) is 58.8 Å². The lowest BCUT2D eigenvalue weighted by atomic mass is 10.0. The van der Waals surface area contributed by atoms with Crippen molar-refractivity contribution in [1.82, 2.24) is 15.3 Å². The molecule has 140 valence electrons. The first kappa shape index (κ1) is 17.0. The van der Waals surface area contributed by atoms with Crippen LogP contribution in [0, 0.1) is 0 Å². The fourth-order valence-corrected chi connectivity index (χ4v) is 3.84. The number of hydrogen-bond acceptors (Lipinski definition) is 3. The molecular weight excluding hydrogens is 346 g/mol. The highest BCUT2D eigenvalue weighted by molar-refractivity contribution is 5.83. The van der Waals surface area contributed by atoms with Crippen molar-refractivity contribution in [1.29, 1.82) is 0 Å². The zero-order valence-electron chi connectivity index (χ0n) is 15.7. The van der Waals surface area contributed by atoms with Crippen LogP contribution in [-0.2, 0) is 6.61 Å². The van der Waals surface area contributed by atoms with E-state index in [0.29, 0.717) is 12.5 Å². The summed E-state index contributed by atoms with van der Waals surface area (Å²) in [6.07, 6.45) is 1.14. The molecule has 4 nitrogen and oxygen atoms in total. The van der Waals surface area contributed by atoms with Crippen LogP contribution in [0.3, 0.4) is 0 Å². The van der Waals surface area contributed by atoms with Gasteiger partial charge in [-0.15, -0.1) is 0 Å². The molecule has 1 aromatic heterocycles. The molecule has 1 aliphatic heterocycles. The quantitative estimate of drug-likeness (QED) is 0.527. The Labute approximate surface area is 164 Å². The van der Waals surface area contributed by atoms with Crippen LogP contribution in [0.2, 0.25) is 0 Å². The fourth-order valence-electron chi connectivity index (χ4n) is 3.84. The number of ether oxygens (including phenoxy) is 1. The summed E-state index contributed by atoms with van der Waals surface area (Å²) in [5.41, 5.74) is 5.50. The van der Waals surface area contributed by atoms with Crippen LogP contribution in [0.1, 0.15) is 23.7 Å². The third-order valence-electron chi connectivity index (χ3n) is 5.38. The molecule has 28 heavy (non-hydrogen) atoms. The minimum atomic E-state index is 0.484. The van der Waals surface area contributed by atoms with E-state index in [9.17, 15) is 0 Å². The highest BCUT2D eigenvalue weighted by Crippen LogP contribution is 2.32. The number of imidazole rings is 1. The molecule has 0 bridgehead atoms. The molecule has 5 rings (SSSR count). The molecular formula is C24H23N3O. The third-order valence-corrected chi connectivity index (χ3v) is 5.38. The average Bonchev–Trinajstić information content (AvgIpc) is 3.42. The first-order valence-corrected chi connectivity index (χ1v) is 9.83. The zero-order chi connectivity index (χ0) is 18.8. The van der Waals surface area contributed by atoms with Gasteiger partial charge in [-0.05, 0) is 42.3 Å². The van der Waals surface area contributed by atoms with Gasteiger partial charge in [0.25, 0.3) is 0 Å². The molecule has 0 saturated carbocycles. The molecule has 3 aromatic carbocycles. The first-order valence-electron chi connectivity index (χ1n) is 9.83. The Balaban J connectivity index is 1.44. The second-order valence-corrected chi connectivity index (χ2v) is 7.31. The van der Waals surface area contributed by atoms with Crippen LogP contribution in [0.4, 0.5) is 0 Å². The van der Waals surface area contributed by atoms with E-state index in [-0.39, 0.29) is 0 Å². The molecule has 1 atom stereocenters. The Hall–Kier alpha value is -3.11. The van der Waals surface area contributed by atoms with Crippen molar-refractivity contribution in [3.63, 3.8) is 0 Å². The maximum absolute atomic E-state index is 6.14. The smallest absolute Gasteiger partial charge is 0.127 e. The Kier molecular flexibility index (Phi) is 4.55. The Morgan fingerprint density at radius 2 is 1.82 bits per heavy atom. The summed E-state index contributed by atoms with van der Waals surface area (Å²) in [5, 5.41) is 3.41. The van der Waals surface area contributed by atoms with Crippen LogP contribution in [0.15, 0.2) is 72.8 Å². The summed E-state index contributed by atoms with van der Waals surface area (Å²) < 4.78 is 6.14. The van der Waals surface area contributed by atoms with E-state index in [4.69, 9.17) is 9.72 Å². The second kappa shape index (κ2) is 7.49. The summed E-state index contributed by atoms with van der Waals surface area (Å²) in [7, 11) is 0. The highest BCUT2D eigenvalue weighted by Gasteiger charge is 2.20. The fraction of sp³-hybridized carbons (Fsp3) is 0.208. The molecule has 0 spiro atoms. The summed E-state index contributed by atoms with van der Waals surface area (Å²) in [6.45, 7) is 2.63. The number of H-pyrrole nitrogens is 1. The molecule has 2 heterocycles. The maximum Gasteiger partial charge on any atom is 0.127 e. The average molecular weight is 369 g/mol. The molecule has 0 aliphatic carbocycles. The van der Waals surface area contributed by atoms with Crippen molar-refractivity contribution < 1.29 is 4.74 Å². The van der Waals surface area contributed by atoms with Crippen LogP contribution in [-0.4, -0.2) is 23.1 Å². The van der Waals surface area contributed by atoms with Gasteiger partial charge in [0.15, 0.2) is 0 Å². The lowest BCUT2D eigenvalue weighted by Crippen LogP contribution is -2.08. The molecule has 1 saturated heterocycles. The zero-order valence-corrected chi connectivity index (χ0v) is 15.7. The first-order chi connectivity index (χ1) is 13.9. The monoisotopic (exact) mass is 369 g/mol. The number of benzene rings is 3. The Bertz CT molecular complexity index is 1080. The minimum absolute atomic E-state index is 0.484. The van der Waals surface area contributed by atoms with Gasteiger partial charge in [0, 0.05) is 18.0 Å². The van der Waals surface area contributed by atoms with Crippen molar-refractivity contribution in [3.05, 3.63) is 84.2 Å². The van der Waals surface area contributed by atoms with Crippen LogP contribution >= 0.6 is 0 Å². The van der Waals surface area contributed by atoms with Crippen LogP contribution in [0.25, 0.3) is 22.2 Å². The number of nitrogens with zero attached hydrogens (tertiary/aromatic N) is 1. The third kappa shape index (κ3) is 3.39. The summed E-state index contributed by atoms with van der Waals surface area (Å²) in [4.78, 5) is 8.33. The largest absolute Gasteiger partial charge is 0.488 e. The molecule has 2 N–H and O–H groups in total. The molecule has 1 aliphatic rings. The van der Waals surface area contributed by atoms with E-state index >= 15 is 0 Å². The summed E-state index contributed by atoms with van der Waals surface area (Å²) in [6, 6.07) is 24.9. The SMILES string of the molecule is c1ccc(COc2ccccc2-c2ccc3nc(C4CCNC4)[nH]c3c2)cc1.